The highest BCUT2D eigenvalue weighted by Gasteiger charge is 2.40. The molecule has 1 aromatic heterocycles. The Labute approximate surface area is 149 Å². The molecular weight excluding hydrogens is 364 g/mol. The predicted molar refractivity (Wildman–Crippen MR) is 91.5 cm³/mol. The van der Waals surface area contributed by atoms with Crippen molar-refractivity contribution in [3.63, 3.8) is 0 Å². The number of amides is 1. The molecule has 7 nitrogen and oxygen atoms in total. The SMILES string of the molecule is COC(=O)c1sccc1S(=O)(=O)N1Cc2ccccc2CC1C(N)=O. The molecule has 1 amide bonds. The van der Waals surface area contributed by atoms with E-state index >= 15 is 0 Å². The number of fused-ring (bicyclic) bond motifs is 1. The third kappa shape index (κ3) is 3.06. The topological polar surface area (TPSA) is 107 Å². The number of hydrogen-bond donors (Lipinski definition) is 1. The van der Waals surface area contributed by atoms with E-state index in [0.717, 1.165) is 26.8 Å². The van der Waals surface area contributed by atoms with E-state index in [4.69, 9.17) is 5.73 Å². The van der Waals surface area contributed by atoms with Gasteiger partial charge in [-0.05, 0) is 29.0 Å². The molecule has 1 aromatic carbocycles. The van der Waals surface area contributed by atoms with E-state index in [0.29, 0.717) is 0 Å². The minimum absolute atomic E-state index is 0.0164. The molecule has 1 atom stereocenters. The first-order chi connectivity index (χ1) is 11.9. The summed E-state index contributed by atoms with van der Waals surface area (Å²) >= 11 is 0.972. The Hall–Kier alpha value is -2.23. The number of carbonyl (C=O) groups is 2. The number of rotatable bonds is 4. The van der Waals surface area contributed by atoms with Crippen LogP contribution in [0.25, 0.3) is 0 Å². The third-order valence-electron chi connectivity index (χ3n) is 4.12. The number of ether oxygens (including phenoxy) is 1. The number of primary amides is 1. The predicted octanol–water partition coefficient (Wildman–Crippen LogP) is 1.14. The van der Waals surface area contributed by atoms with E-state index in [-0.39, 0.29) is 22.7 Å². The molecule has 132 valence electrons. The number of carbonyl (C=O) groups excluding carboxylic acids is 2. The van der Waals surface area contributed by atoms with Crippen molar-refractivity contribution in [3.8, 4) is 0 Å². The lowest BCUT2D eigenvalue weighted by molar-refractivity contribution is -0.122. The van der Waals surface area contributed by atoms with Crippen molar-refractivity contribution in [1.82, 2.24) is 4.31 Å². The summed E-state index contributed by atoms with van der Waals surface area (Å²) in [5.74, 6) is -1.46. The first-order valence-electron chi connectivity index (χ1n) is 7.40. The number of sulfonamides is 1. The highest BCUT2D eigenvalue weighted by Crippen LogP contribution is 2.32. The summed E-state index contributed by atoms with van der Waals surface area (Å²) in [6.45, 7) is 0.0164. The van der Waals surface area contributed by atoms with Crippen LogP contribution >= 0.6 is 11.3 Å². The molecule has 1 aliphatic heterocycles. The second-order valence-electron chi connectivity index (χ2n) is 5.55. The van der Waals surface area contributed by atoms with E-state index in [1.807, 2.05) is 18.2 Å². The maximum absolute atomic E-state index is 13.1. The van der Waals surface area contributed by atoms with E-state index in [9.17, 15) is 18.0 Å². The summed E-state index contributed by atoms with van der Waals surface area (Å²) in [5, 5.41) is 1.50. The lowest BCUT2D eigenvalue weighted by Crippen LogP contribution is -2.51. The number of thiophene rings is 1. The smallest absolute Gasteiger partial charge is 0.349 e. The van der Waals surface area contributed by atoms with Crippen LogP contribution in [0.1, 0.15) is 20.8 Å². The Balaban J connectivity index is 2.08. The number of methoxy groups -OCH3 is 1. The Bertz CT molecular complexity index is 936. The molecule has 0 saturated heterocycles. The Morgan fingerprint density at radius 2 is 1.92 bits per heavy atom. The molecule has 2 heterocycles. The Morgan fingerprint density at radius 1 is 1.24 bits per heavy atom. The zero-order valence-corrected chi connectivity index (χ0v) is 15.0. The van der Waals surface area contributed by atoms with Gasteiger partial charge in [0.2, 0.25) is 15.9 Å². The maximum Gasteiger partial charge on any atom is 0.349 e. The number of benzene rings is 1. The minimum atomic E-state index is -4.10. The van der Waals surface area contributed by atoms with Crippen molar-refractivity contribution in [3.05, 3.63) is 51.7 Å². The van der Waals surface area contributed by atoms with Crippen molar-refractivity contribution in [2.75, 3.05) is 7.11 Å². The molecule has 0 bridgehead atoms. The average molecular weight is 380 g/mol. The molecule has 2 aromatic rings. The first kappa shape index (κ1) is 17.6. The second-order valence-corrected chi connectivity index (χ2v) is 8.32. The van der Waals surface area contributed by atoms with Gasteiger partial charge in [-0.15, -0.1) is 11.3 Å². The molecule has 3 rings (SSSR count). The van der Waals surface area contributed by atoms with Crippen molar-refractivity contribution < 1.29 is 22.7 Å². The van der Waals surface area contributed by atoms with Crippen LogP contribution in [-0.4, -0.2) is 37.8 Å². The fourth-order valence-corrected chi connectivity index (χ4v) is 5.75. The van der Waals surface area contributed by atoms with Gasteiger partial charge in [-0.25, -0.2) is 13.2 Å². The van der Waals surface area contributed by atoms with Crippen LogP contribution in [0.5, 0.6) is 0 Å². The van der Waals surface area contributed by atoms with Gasteiger partial charge in [0.15, 0.2) is 0 Å². The quantitative estimate of drug-likeness (QED) is 0.801. The van der Waals surface area contributed by atoms with Gasteiger partial charge in [-0.3, -0.25) is 4.79 Å². The van der Waals surface area contributed by atoms with Gasteiger partial charge in [-0.2, -0.15) is 4.31 Å². The molecule has 0 fully saturated rings. The standard InChI is InChI=1S/C16H16N2O5S2/c1-23-16(20)14-13(6-7-24-14)25(21,22)18-9-11-5-3-2-4-10(11)8-12(18)15(17)19/h2-7,12H,8-9H2,1H3,(H2,17,19). The van der Waals surface area contributed by atoms with Gasteiger partial charge >= 0.3 is 5.97 Å². The summed E-state index contributed by atoms with van der Waals surface area (Å²) in [5.41, 5.74) is 7.14. The van der Waals surface area contributed by atoms with E-state index < -0.39 is 27.9 Å². The van der Waals surface area contributed by atoms with Crippen LogP contribution in [0.15, 0.2) is 40.6 Å². The number of hydrogen-bond acceptors (Lipinski definition) is 6. The highest BCUT2D eigenvalue weighted by molar-refractivity contribution is 7.89. The summed E-state index contributed by atoms with van der Waals surface area (Å²) in [4.78, 5) is 23.6. The summed E-state index contributed by atoms with van der Waals surface area (Å²) in [7, 11) is -2.92. The van der Waals surface area contributed by atoms with E-state index in [1.54, 1.807) is 6.07 Å². The molecule has 25 heavy (non-hydrogen) atoms. The summed E-state index contributed by atoms with van der Waals surface area (Å²) in [6, 6.07) is 7.62. The van der Waals surface area contributed by atoms with E-state index in [2.05, 4.69) is 4.74 Å². The lowest BCUT2D eigenvalue weighted by Gasteiger charge is -2.34. The lowest BCUT2D eigenvalue weighted by atomic mass is 9.96. The second kappa shape index (κ2) is 6.58. The highest BCUT2D eigenvalue weighted by atomic mass is 32.2. The average Bonchev–Trinajstić information content (AvgIpc) is 3.10. The molecule has 0 saturated carbocycles. The van der Waals surface area contributed by atoms with Gasteiger partial charge in [-0.1, -0.05) is 24.3 Å². The van der Waals surface area contributed by atoms with Gasteiger partial charge < -0.3 is 10.5 Å². The van der Waals surface area contributed by atoms with Gasteiger partial charge in [0.25, 0.3) is 0 Å². The molecule has 2 N–H and O–H groups in total. The van der Waals surface area contributed by atoms with Crippen molar-refractivity contribution in [2.24, 2.45) is 5.73 Å². The third-order valence-corrected chi connectivity index (χ3v) is 7.04. The Kier molecular flexibility index (Phi) is 4.63. The van der Waals surface area contributed by atoms with Crippen LogP contribution < -0.4 is 5.73 Å². The van der Waals surface area contributed by atoms with Crippen LogP contribution in [0.3, 0.4) is 0 Å². The molecule has 1 aliphatic rings. The fourth-order valence-electron chi connectivity index (χ4n) is 2.86. The van der Waals surface area contributed by atoms with Crippen LogP contribution in [-0.2, 0) is 32.5 Å². The molecule has 9 heteroatoms. The monoisotopic (exact) mass is 380 g/mol. The molecular formula is C16H16N2O5S2. The fraction of sp³-hybridized carbons (Fsp3) is 0.250. The molecule has 1 unspecified atom stereocenters. The van der Waals surface area contributed by atoms with Crippen molar-refractivity contribution in [1.29, 1.82) is 0 Å². The van der Waals surface area contributed by atoms with Gasteiger partial charge in [0.1, 0.15) is 15.8 Å². The molecule has 0 aliphatic carbocycles. The van der Waals surface area contributed by atoms with E-state index in [1.165, 1.54) is 18.6 Å². The zero-order chi connectivity index (χ0) is 18.2. The number of esters is 1. The van der Waals surface area contributed by atoms with Gasteiger partial charge in [0, 0.05) is 6.54 Å². The van der Waals surface area contributed by atoms with Crippen LogP contribution in [0.2, 0.25) is 0 Å². The minimum Gasteiger partial charge on any atom is -0.465 e. The molecule has 0 radical (unpaired) electrons. The normalized spacial score (nSPS) is 17.7. The Morgan fingerprint density at radius 3 is 2.56 bits per heavy atom. The maximum atomic E-state index is 13.1. The van der Waals surface area contributed by atoms with Crippen LogP contribution in [0.4, 0.5) is 0 Å². The molecule has 0 spiro atoms. The summed E-state index contributed by atoms with van der Waals surface area (Å²) in [6.07, 6.45) is 0.197. The van der Waals surface area contributed by atoms with Crippen LogP contribution in [0, 0.1) is 0 Å². The zero-order valence-electron chi connectivity index (χ0n) is 13.3. The largest absolute Gasteiger partial charge is 0.465 e. The van der Waals surface area contributed by atoms with Gasteiger partial charge in [0.05, 0.1) is 7.11 Å². The van der Waals surface area contributed by atoms with Crippen molar-refractivity contribution >= 4 is 33.2 Å². The number of nitrogens with two attached hydrogens (primary N) is 1. The number of nitrogens with zero attached hydrogens (tertiary/aromatic N) is 1. The van der Waals surface area contributed by atoms with Crippen molar-refractivity contribution in [2.45, 2.75) is 23.9 Å². The summed E-state index contributed by atoms with van der Waals surface area (Å²) < 4.78 is 32.0. The first-order valence-corrected chi connectivity index (χ1v) is 9.72.